The molecule has 1 aromatic heterocycles. The number of aromatic nitrogens is 2. The van der Waals surface area contributed by atoms with E-state index in [1.807, 2.05) is 6.92 Å². The van der Waals surface area contributed by atoms with E-state index in [0.717, 1.165) is 13.0 Å². The van der Waals surface area contributed by atoms with Gasteiger partial charge in [0, 0.05) is 19.5 Å². The first-order valence-electron chi connectivity index (χ1n) is 5.58. The van der Waals surface area contributed by atoms with E-state index in [1.54, 1.807) is 0 Å². The first kappa shape index (κ1) is 11.5. The van der Waals surface area contributed by atoms with Crippen LogP contribution in [0.1, 0.15) is 18.6 Å². The smallest absolute Gasteiger partial charge is 0.226 e. The van der Waals surface area contributed by atoms with Crippen LogP contribution in [0.2, 0.25) is 0 Å². The van der Waals surface area contributed by atoms with Crippen molar-refractivity contribution < 1.29 is 14.4 Å². The summed E-state index contributed by atoms with van der Waals surface area (Å²) in [6.45, 7) is 4.89. The summed E-state index contributed by atoms with van der Waals surface area (Å²) in [5.41, 5.74) is 0. The van der Waals surface area contributed by atoms with Crippen LogP contribution in [0.15, 0.2) is 4.52 Å². The van der Waals surface area contributed by atoms with Crippen LogP contribution >= 0.6 is 0 Å². The molecule has 0 saturated carbocycles. The molecule has 1 aliphatic rings. The predicted molar refractivity (Wildman–Crippen MR) is 55.8 cm³/mol. The molecule has 0 radical (unpaired) electrons. The lowest BCUT2D eigenvalue weighted by atomic mass is 10.3. The molecule has 16 heavy (non-hydrogen) atoms. The van der Waals surface area contributed by atoms with Gasteiger partial charge in [-0.1, -0.05) is 12.1 Å². The Labute approximate surface area is 94.2 Å². The second-order valence-corrected chi connectivity index (χ2v) is 3.87. The molecular weight excluding hydrogens is 210 g/mol. The van der Waals surface area contributed by atoms with Gasteiger partial charge in [0.15, 0.2) is 5.82 Å². The Balaban J connectivity index is 1.88. The number of hydrogen-bond donors (Lipinski definition) is 1. The molecule has 1 unspecified atom stereocenters. The molecule has 0 amide bonds. The first-order valence-corrected chi connectivity index (χ1v) is 5.58. The highest BCUT2D eigenvalue weighted by Crippen LogP contribution is 2.08. The molecule has 6 nitrogen and oxygen atoms in total. The molecule has 0 aromatic carbocycles. The third-order valence-electron chi connectivity index (χ3n) is 2.60. The van der Waals surface area contributed by atoms with Crippen LogP contribution in [0.4, 0.5) is 0 Å². The van der Waals surface area contributed by atoms with Crippen molar-refractivity contribution in [2.24, 2.45) is 0 Å². The van der Waals surface area contributed by atoms with Gasteiger partial charge >= 0.3 is 0 Å². The molecule has 1 aromatic rings. The molecule has 1 N–H and O–H groups in total. The lowest BCUT2D eigenvalue weighted by Gasteiger charge is -2.30. The first-order chi connectivity index (χ1) is 7.81. The summed E-state index contributed by atoms with van der Waals surface area (Å²) < 4.78 is 10.4. The van der Waals surface area contributed by atoms with Gasteiger partial charge in [-0.25, -0.2) is 0 Å². The van der Waals surface area contributed by atoms with Gasteiger partial charge in [-0.3, -0.25) is 4.90 Å². The van der Waals surface area contributed by atoms with E-state index in [-0.39, 0.29) is 12.7 Å². The van der Waals surface area contributed by atoms with E-state index < -0.39 is 0 Å². The van der Waals surface area contributed by atoms with Gasteiger partial charge in [0.05, 0.1) is 25.9 Å². The van der Waals surface area contributed by atoms with Crippen LogP contribution < -0.4 is 0 Å². The van der Waals surface area contributed by atoms with Crippen LogP contribution in [0.25, 0.3) is 0 Å². The summed E-state index contributed by atoms with van der Waals surface area (Å²) in [6, 6.07) is 0. The molecule has 1 aliphatic heterocycles. The molecule has 0 spiro atoms. The van der Waals surface area contributed by atoms with Crippen LogP contribution in [0.5, 0.6) is 0 Å². The Morgan fingerprint density at radius 3 is 3.12 bits per heavy atom. The molecule has 2 rings (SSSR count). The average Bonchev–Trinajstić information content (AvgIpc) is 2.77. The number of ether oxygens (including phenoxy) is 1. The molecule has 6 heteroatoms. The fourth-order valence-corrected chi connectivity index (χ4v) is 1.73. The molecule has 1 fully saturated rings. The van der Waals surface area contributed by atoms with Gasteiger partial charge in [-0.15, -0.1) is 0 Å². The number of nitrogens with zero attached hydrogens (tertiary/aromatic N) is 3. The second kappa shape index (κ2) is 5.38. The van der Waals surface area contributed by atoms with Crippen molar-refractivity contribution in [2.75, 3.05) is 26.3 Å². The number of morpholine rings is 1. The van der Waals surface area contributed by atoms with E-state index in [1.165, 1.54) is 0 Å². The van der Waals surface area contributed by atoms with Crippen LogP contribution in [-0.4, -0.2) is 52.6 Å². The number of hydrogen-bond acceptors (Lipinski definition) is 6. The zero-order valence-electron chi connectivity index (χ0n) is 9.43. The van der Waals surface area contributed by atoms with Crippen molar-refractivity contribution in [3.8, 4) is 0 Å². The Bertz CT molecular complexity index is 329. The van der Waals surface area contributed by atoms with Crippen molar-refractivity contribution in [3.05, 3.63) is 11.7 Å². The van der Waals surface area contributed by atoms with Crippen molar-refractivity contribution in [1.82, 2.24) is 15.0 Å². The number of aliphatic hydroxyl groups is 1. The fourth-order valence-electron chi connectivity index (χ4n) is 1.73. The molecule has 1 saturated heterocycles. The highest BCUT2D eigenvalue weighted by atomic mass is 16.5. The number of aryl methyl sites for hydroxylation is 1. The van der Waals surface area contributed by atoms with Crippen molar-refractivity contribution >= 4 is 0 Å². The van der Waals surface area contributed by atoms with Gasteiger partial charge in [-0.2, -0.15) is 4.98 Å². The zero-order chi connectivity index (χ0) is 11.4. The normalized spacial score (nSPS) is 22.5. The number of aliphatic hydroxyl groups excluding tert-OH is 1. The van der Waals surface area contributed by atoms with E-state index in [4.69, 9.17) is 14.4 Å². The van der Waals surface area contributed by atoms with Crippen molar-refractivity contribution in [2.45, 2.75) is 26.0 Å². The summed E-state index contributed by atoms with van der Waals surface area (Å²) in [6.07, 6.45) is 0.668. The Morgan fingerprint density at radius 1 is 1.56 bits per heavy atom. The van der Waals surface area contributed by atoms with E-state index >= 15 is 0 Å². The number of rotatable bonds is 4. The summed E-state index contributed by atoms with van der Waals surface area (Å²) in [4.78, 5) is 6.41. The Kier molecular flexibility index (Phi) is 3.87. The SMILES string of the molecule is CCc1nc(CN2CCOC(CO)C2)no1. The average molecular weight is 227 g/mol. The van der Waals surface area contributed by atoms with E-state index in [2.05, 4.69) is 15.0 Å². The van der Waals surface area contributed by atoms with Gasteiger partial charge in [0.25, 0.3) is 0 Å². The Hall–Kier alpha value is -0.980. The van der Waals surface area contributed by atoms with E-state index in [0.29, 0.717) is 31.4 Å². The molecule has 1 atom stereocenters. The molecule has 0 aliphatic carbocycles. The van der Waals surface area contributed by atoms with Gasteiger partial charge in [0.2, 0.25) is 5.89 Å². The van der Waals surface area contributed by atoms with Gasteiger partial charge in [-0.05, 0) is 0 Å². The summed E-state index contributed by atoms with van der Waals surface area (Å²) in [5, 5.41) is 12.9. The topological polar surface area (TPSA) is 71.6 Å². The van der Waals surface area contributed by atoms with Crippen LogP contribution in [-0.2, 0) is 17.7 Å². The third-order valence-corrected chi connectivity index (χ3v) is 2.60. The molecule has 2 heterocycles. The summed E-state index contributed by atoms with van der Waals surface area (Å²) in [5.74, 6) is 1.37. The van der Waals surface area contributed by atoms with Gasteiger partial charge < -0.3 is 14.4 Å². The second-order valence-electron chi connectivity index (χ2n) is 3.87. The highest BCUT2D eigenvalue weighted by molar-refractivity contribution is 4.87. The van der Waals surface area contributed by atoms with Crippen molar-refractivity contribution in [1.29, 1.82) is 0 Å². The maximum absolute atomic E-state index is 9.02. The quantitative estimate of drug-likeness (QED) is 0.769. The highest BCUT2D eigenvalue weighted by Gasteiger charge is 2.21. The third kappa shape index (κ3) is 2.78. The minimum atomic E-state index is -0.0914. The maximum atomic E-state index is 9.02. The standard InChI is InChI=1S/C10H17N3O3/c1-2-10-11-9(12-16-10)6-13-3-4-15-8(5-13)7-14/h8,14H,2-7H2,1H3. The lowest BCUT2D eigenvalue weighted by molar-refractivity contribution is -0.0558. The van der Waals surface area contributed by atoms with E-state index in [9.17, 15) is 0 Å². The predicted octanol–water partition coefficient (Wildman–Crippen LogP) is -0.175. The molecule has 90 valence electrons. The lowest BCUT2D eigenvalue weighted by Crippen LogP contribution is -2.43. The monoisotopic (exact) mass is 227 g/mol. The maximum Gasteiger partial charge on any atom is 0.226 e. The molecular formula is C10H17N3O3. The largest absolute Gasteiger partial charge is 0.394 e. The van der Waals surface area contributed by atoms with Gasteiger partial charge in [0.1, 0.15) is 0 Å². The minimum absolute atomic E-state index is 0.0585. The summed E-state index contributed by atoms with van der Waals surface area (Å²) in [7, 11) is 0. The Morgan fingerprint density at radius 2 is 2.44 bits per heavy atom. The van der Waals surface area contributed by atoms with Crippen LogP contribution in [0, 0.1) is 0 Å². The summed E-state index contributed by atoms with van der Waals surface area (Å²) >= 11 is 0. The van der Waals surface area contributed by atoms with Crippen LogP contribution in [0.3, 0.4) is 0 Å². The fraction of sp³-hybridized carbons (Fsp3) is 0.800. The molecule has 0 bridgehead atoms. The minimum Gasteiger partial charge on any atom is -0.394 e. The van der Waals surface area contributed by atoms with Crippen molar-refractivity contribution in [3.63, 3.8) is 0 Å². The zero-order valence-corrected chi connectivity index (χ0v) is 9.43.